The molecule has 0 fully saturated rings. The van der Waals surface area contributed by atoms with Gasteiger partial charge in [0.15, 0.2) is 5.16 Å². The Morgan fingerprint density at radius 3 is 2.73 bits per heavy atom. The highest BCUT2D eigenvalue weighted by Crippen LogP contribution is 2.24. The molecule has 33 heavy (non-hydrogen) atoms. The van der Waals surface area contributed by atoms with Gasteiger partial charge >= 0.3 is 0 Å². The number of halogens is 1. The fraction of sp³-hybridized carbons (Fsp3) is 0.280. The molecule has 2 heterocycles. The summed E-state index contributed by atoms with van der Waals surface area (Å²) < 4.78 is 1.77. The average Bonchev–Trinajstić information content (AvgIpc) is 2.83. The lowest BCUT2D eigenvalue weighted by Gasteiger charge is -2.16. The fourth-order valence-electron chi connectivity index (χ4n) is 4.20. The molecule has 2 aromatic heterocycles. The second-order valence-electron chi connectivity index (χ2n) is 8.19. The van der Waals surface area contributed by atoms with Crippen LogP contribution in [0.1, 0.15) is 37.9 Å². The quantitative estimate of drug-likeness (QED) is 0.226. The molecular formula is C25H23ClN4O2S. The van der Waals surface area contributed by atoms with Gasteiger partial charge in [0, 0.05) is 11.6 Å². The molecule has 0 radical (unpaired) electrons. The highest BCUT2D eigenvalue weighted by molar-refractivity contribution is 7.98. The minimum Gasteiger partial charge on any atom is -0.309 e. The summed E-state index contributed by atoms with van der Waals surface area (Å²) in [6.45, 7) is 0.588. The van der Waals surface area contributed by atoms with E-state index < -0.39 is 0 Å². The molecule has 0 unspecified atom stereocenters. The molecule has 0 saturated carbocycles. The maximum atomic E-state index is 13.3. The predicted molar refractivity (Wildman–Crippen MR) is 134 cm³/mol. The highest BCUT2D eigenvalue weighted by atomic mass is 35.5. The van der Waals surface area contributed by atoms with E-state index in [1.165, 1.54) is 30.2 Å². The number of para-hydroxylation sites is 1. The Bertz CT molecular complexity index is 1490. The van der Waals surface area contributed by atoms with Gasteiger partial charge in [0.2, 0.25) is 0 Å². The smallest absolute Gasteiger partial charge is 0.262 e. The van der Waals surface area contributed by atoms with Crippen molar-refractivity contribution in [3.8, 4) is 0 Å². The molecule has 2 aromatic carbocycles. The zero-order valence-electron chi connectivity index (χ0n) is 18.0. The van der Waals surface area contributed by atoms with Gasteiger partial charge in [-0.15, -0.1) is 0 Å². The molecular weight excluding hydrogens is 456 g/mol. The number of hydrogen-bond donors (Lipinski definition) is 1. The molecule has 1 N–H and O–H groups in total. The number of aromatic nitrogens is 4. The van der Waals surface area contributed by atoms with E-state index in [9.17, 15) is 9.59 Å². The van der Waals surface area contributed by atoms with Crippen LogP contribution in [0.5, 0.6) is 0 Å². The van der Waals surface area contributed by atoms with Crippen LogP contribution in [0, 0.1) is 0 Å². The van der Waals surface area contributed by atoms with Gasteiger partial charge in [0.25, 0.3) is 11.1 Å². The zero-order valence-corrected chi connectivity index (χ0v) is 19.6. The molecule has 0 spiro atoms. The summed E-state index contributed by atoms with van der Waals surface area (Å²) in [6.07, 6.45) is 7.83. The summed E-state index contributed by atoms with van der Waals surface area (Å²) in [6, 6.07) is 12.5. The topological polar surface area (TPSA) is 80.6 Å². The molecule has 5 rings (SSSR count). The molecule has 0 aliphatic heterocycles. The van der Waals surface area contributed by atoms with Gasteiger partial charge in [-0.25, -0.2) is 9.97 Å². The van der Waals surface area contributed by atoms with E-state index in [0.717, 1.165) is 19.3 Å². The van der Waals surface area contributed by atoms with Gasteiger partial charge in [-0.3, -0.25) is 14.2 Å². The third-order valence-corrected chi connectivity index (χ3v) is 7.15. The standard InChI is InChI=1S/C25H23ClN4O2S/c26-17-10-11-21-19(14-17)23(31)29-22(27-21)15-33-25-28-20-9-5-4-8-18(20)24(32)30(25)13-12-16-6-2-1-3-7-16/h4-6,8-11,14H,1-3,7,12-13,15H2,(H,27,29,31). The van der Waals surface area contributed by atoms with E-state index in [2.05, 4.69) is 16.0 Å². The summed E-state index contributed by atoms with van der Waals surface area (Å²) in [5, 5.41) is 2.20. The summed E-state index contributed by atoms with van der Waals surface area (Å²) >= 11 is 7.42. The first kappa shape index (κ1) is 21.9. The van der Waals surface area contributed by atoms with Crippen LogP contribution >= 0.6 is 23.4 Å². The Balaban J connectivity index is 1.47. The van der Waals surface area contributed by atoms with Gasteiger partial charge in [-0.05, 0) is 62.4 Å². The van der Waals surface area contributed by atoms with Gasteiger partial charge in [0.05, 0.1) is 27.6 Å². The molecule has 0 atom stereocenters. The van der Waals surface area contributed by atoms with Crippen LogP contribution in [0.3, 0.4) is 0 Å². The van der Waals surface area contributed by atoms with Crippen LogP contribution in [0.4, 0.5) is 0 Å². The van der Waals surface area contributed by atoms with Crippen molar-refractivity contribution in [2.75, 3.05) is 0 Å². The number of rotatable bonds is 6. The van der Waals surface area contributed by atoms with E-state index in [1.807, 2.05) is 24.3 Å². The Morgan fingerprint density at radius 1 is 1.03 bits per heavy atom. The second-order valence-corrected chi connectivity index (χ2v) is 9.57. The third-order valence-electron chi connectivity index (χ3n) is 5.92. The molecule has 8 heteroatoms. The molecule has 6 nitrogen and oxygen atoms in total. The van der Waals surface area contributed by atoms with Gasteiger partial charge < -0.3 is 4.98 Å². The molecule has 0 amide bonds. The van der Waals surface area contributed by atoms with E-state index in [-0.39, 0.29) is 11.1 Å². The monoisotopic (exact) mass is 478 g/mol. The molecule has 1 aliphatic rings. The van der Waals surface area contributed by atoms with E-state index in [0.29, 0.717) is 50.1 Å². The number of H-pyrrole nitrogens is 1. The van der Waals surface area contributed by atoms with E-state index in [4.69, 9.17) is 16.6 Å². The van der Waals surface area contributed by atoms with Gasteiger partial charge in [-0.1, -0.05) is 47.1 Å². The van der Waals surface area contributed by atoms with Crippen LogP contribution in [0.25, 0.3) is 21.8 Å². The fourth-order valence-corrected chi connectivity index (χ4v) is 5.27. The zero-order chi connectivity index (χ0) is 22.8. The van der Waals surface area contributed by atoms with Crippen molar-refractivity contribution in [2.24, 2.45) is 0 Å². The van der Waals surface area contributed by atoms with Crippen LogP contribution < -0.4 is 11.1 Å². The molecule has 168 valence electrons. The number of allylic oxidation sites excluding steroid dienone is 2. The first-order valence-electron chi connectivity index (χ1n) is 11.1. The number of nitrogens with zero attached hydrogens (tertiary/aromatic N) is 3. The lowest BCUT2D eigenvalue weighted by molar-refractivity contribution is 0.569. The van der Waals surface area contributed by atoms with Crippen LogP contribution in [0.15, 0.2) is 68.9 Å². The van der Waals surface area contributed by atoms with E-state index >= 15 is 0 Å². The summed E-state index contributed by atoms with van der Waals surface area (Å²) in [7, 11) is 0. The summed E-state index contributed by atoms with van der Waals surface area (Å²) in [4.78, 5) is 38.0. The minimum absolute atomic E-state index is 0.0332. The largest absolute Gasteiger partial charge is 0.309 e. The summed E-state index contributed by atoms with van der Waals surface area (Å²) in [5.41, 5.74) is 2.41. The van der Waals surface area contributed by atoms with Crippen molar-refractivity contribution < 1.29 is 0 Å². The minimum atomic E-state index is -0.230. The Labute approximate surface area is 199 Å². The summed E-state index contributed by atoms with van der Waals surface area (Å²) in [5.74, 6) is 0.921. The normalized spacial score (nSPS) is 14.0. The van der Waals surface area contributed by atoms with E-state index in [1.54, 1.807) is 22.8 Å². The number of fused-ring (bicyclic) bond motifs is 2. The number of benzene rings is 2. The Morgan fingerprint density at radius 2 is 1.88 bits per heavy atom. The van der Waals surface area contributed by atoms with Crippen molar-refractivity contribution in [2.45, 2.75) is 49.6 Å². The van der Waals surface area contributed by atoms with Crippen LogP contribution in [-0.4, -0.2) is 19.5 Å². The Kier molecular flexibility index (Phi) is 6.33. The molecule has 0 saturated heterocycles. The molecule has 1 aliphatic carbocycles. The van der Waals surface area contributed by atoms with Crippen molar-refractivity contribution in [3.63, 3.8) is 0 Å². The number of nitrogens with one attached hydrogen (secondary N) is 1. The van der Waals surface area contributed by atoms with Crippen molar-refractivity contribution in [1.82, 2.24) is 19.5 Å². The molecule has 4 aromatic rings. The third kappa shape index (κ3) is 4.75. The lowest BCUT2D eigenvalue weighted by Crippen LogP contribution is -2.24. The average molecular weight is 479 g/mol. The second kappa shape index (κ2) is 9.53. The predicted octanol–water partition coefficient (Wildman–Crippen LogP) is 5.47. The number of hydrogen-bond acceptors (Lipinski definition) is 5. The molecule has 0 bridgehead atoms. The van der Waals surface area contributed by atoms with Crippen molar-refractivity contribution >= 4 is 45.2 Å². The van der Waals surface area contributed by atoms with Crippen LogP contribution in [0.2, 0.25) is 5.02 Å². The highest BCUT2D eigenvalue weighted by Gasteiger charge is 2.14. The number of thioether (sulfide) groups is 1. The lowest BCUT2D eigenvalue weighted by atomic mass is 9.97. The maximum Gasteiger partial charge on any atom is 0.262 e. The van der Waals surface area contributed by atoms with Crippen molar-refractivity contribution in [1.29, 1.82) is 0 Å². The van der Waals surface area contributed by atoms with Gasteiger partial charge in [-0.2, -0.15) is 0 Å². The van der Waals surface area contributed by atoms with Crippen molar-refractivity contribution in [3.05, 3.63) is 85.7 Å². The first-order valence-corrected chi connectivity index (χ1v) is 12.4. The Hall–Kier alpha value is -2.90. The first-order chi connectivity index (χ1) is 16.1. The van der Waals surface area contributed by atoms with Gasteiger partial charge in [0.1, 0.15) is 5.82 Å². The maximum absolute atomic E-state index is 13.3. The van der Waals surface area contributed by atoms with Crippen LogP contribution in [-0.2, 0) is 12.3 Å². The SMILES string of the molecule is O=c1[nH]c(CSc2nc3ccccc3c(=O)n2CCC2=CCCCC2)nc2ccc(Cl)cc12. The number of aromatic amines is 1.